The maximum absolute atomic E-state index is 11.5. The van der Waals surface area contributed by atoms with Crippen molar-refractivity contribution in [2.45, 2.75) is 57.7 Å². The van der Waals surface area contributed by atoms with Crippen LogP contribution in [0.3, 0.4) is 0 Å². The SMILES string of the molecule is CCC1CCN(Cc2cncn2C2CC2)C(C(=O)O)C1. The second-order valence-electron chi connectivity index (χ2n) is 6.15. The quantitative estimate of drug-likeness (QED) is 0.897. The zero-order valence-electron chi connectivity index (χ0n) is 12.0. The van der Waals surface area contributed by atoms with Crippen molar-refractivity contribution in [1.82, 2.24) is 14.5 Å². The van der Waals surface area contributed by atoms with Crippen LogP contribution in [0.2, 0.25) is 0 Å². The van der Waals surface area contributed by atoms with E-state index in [1.54, 1.807) is 0 Å². The number of rotatable bonds is 5. The fraction of sp³-hybridized carbons (Fsp3) is 0.733. The number of carboxylic acids is 1. The first-order valence-electron chi connectivity index (χ1n) is 7.66. The molecule has 1 aromatic heterocycles. The Morgan fingerprint density at radius 2 is 2.25 bits per heavy atom. The highest BCUT2D eigenvalue weighted by atomic mass is 16.4. The van der Waals surface area contributed by atoms with Gasteiger partial charge < -0.3 is 9.67 Å². The lowest BCUT2D eigenvalue weighted by atomic mass is 9.89. The van der Waals surface area contributed by atoms with Crippen LogP contribution in [-0.2, 0) is 11.3 Å². The van der Waals surface area contributed by atoms with Crippen LogP contribution >= 0.6 is 0 Å². The molecule has 1 aliphatic carbocycles. The second-order valence-corrected chi connectivity index (χ2v) is 6.15. The maximum atomic E-state index is 11.5. The predicted octanol–water partition coefficient (Wildman–Crippen LogP) is 2.29. The molecular weight excluding hydrogens is 254 g/mol. The molecule has 1 N–H and O–H groups in total. The first-order chi connectivity index (χ1) is 9.69. The van der Waals surface area contributed by atoms with E-state index in [0.717, 1.165) is 31.5 Å². The van der Waals surface area contributed by atoms with Crippen LogP contribution in [0.25, 0.3) is 0 Å². The molecule has 0 spiro atoms. The number of carboxylic acid groups (broad SMARTS) is 1. The van der Waals surface area contributed by atoms with E-state index in [1.165, 1.54) is 12.8 Å². The van der Waals surface area contributed by atoms with E-state index in [4.69, 9.17) is 0 Å². The monoisotopic (exact) mass is 277 g/mol. The van der Waals surface area contributed by atoms with Crippen LogP contribution in [0, 0.1) is 5.92 Å². The van der Waals surface area contributed by atoms with Crippen molar-refractivity contribution in [2.24, 2.45) is 5.92 Å². The Kier molecular flexibility index (Phi) is 3.78. The molecule has 2 aliphatic rings. The molecule has 2 heterocycles. The predicted molar refractivity (Wildman–Crippen MR) is 75.3 cm³/mol. The number of likely N-dealkylation sites (tertiary alicyclic amines) is 1. The lowest BCUT2D eigenvalue weighted by Crippen LogP contribution is -2.46. The van der Waals surface area contributed by atoms with E-state index in [0.29, 0.717) is 18.5 Å². The van der Waals surface area contributed by atoms with Crippen molar-refractivity contribution < 1.29 is 9.90 Å². The van der Waals surface area contributed by atoms with Gasteiger partial charge in [-0.25, -0.2) is 4.98 Å². The third kappa shape index (κ3) is 2.73. The van der Waals surface area contributed by atoms with E-state index in [1.807, 2.05) is 12.5 Å². The fourth-order valence-corrected chi connectivity index (χ4v) is 3.25. The van der Waals surface area contributed by atoms with Crippen LogP contribution in [0.1, 0.15) is 50.8 Å². The van der Waals surface area contributed by atoms with E-state index >= 15 is 0 Å². The standard InChI is InChI=1S/C15H23N3O2/c1-2-11-5-6-17(14(7-11)15(19)20)9-13-8-16-10-18(13)12-3-4-12/h8,10-12,14H,2-7,9H2,1H3,(H,19,20). The minimum Gasteiger partial charge on any atom is -0.480 e. The van der Waals surface area contributed by atoms with Gasteiger partial charge in [-0.3, -0.25) is 9.69 Å². The van der Waals surface area contributed by atoms with Crippen LogP contribution in [0.4, 0.5) is 0 Å². The lowest BCUT2D eigenvalue weighted by Gasteiger charge is -2.36. The Balaban J connectivity index is 1.71. The summed E-state index contributed by atoms with van der Waals surface area (Å²) in [5, 5.41) is 9.48. The molecule has 2 unspecified atom stereocenters. The van der Waals surface area contributed by atoms with Crippen molar-refractivity contribution >= 4 is 5.97 Å². The summed E-state index contributed by atoms with van der Waals surface area (Å²) in [7, 11) is 0. The molecule has 0 amide bonds. The Bertz CT molecular complexity index is 481. The average molecular weight is 277 g/mol. The normalized spacial score (nSPS) is 27.6. The molecular formula is C15H23N3O2. The average Bonchev–Trinajstić information content (AvgIpc) is 3.19. The van der Waals surface area contributed by atoms with Crippen molar-refractivity contribution in [2.75, 3.05) is 6.54 Å². The zero-order valence-corrected chi connectivity index (χ0v) is 12.0. The van der Waals surface area contributed by atoms with Crippen LogP contribution < -0.4 is 0 Å². The van der Waals surface area contributed by atoms with E-state index < -0.39 is 5.97 Å². The maximum Gasteiger partial charge on any atom is 0.320 e. The van der Waals surface area contributed by atoms with Crippen LogP contribution in [-0.4, -0.2) is 38.1 Å². The number of nitrogens with zero attached hydrogens (tertiary/aromatic N) is 3. The topological polar surface area (TPSA) is 58.4 Å². The van der Waals surface area contributed by atoms with Gasteiger partial charge in [0.2, 0.25) is 0 Å². The first-order valence-corrected chi connectivity index (χ1v) is 7.66. The van der Waals surface area contributed by atoms with Gasteiger partial charge in [-0.1, -0.05) is 13.3 Å². The Morgan fingerprint density at radius 1 is 1.45 bits per heavy atom. The summed E-state index contributed by atoms with van der Waals surface area (Å²) < 4.78 is 2.23. The molecule has 3 rings (SSSR count). The number of carbonyl (C=O) groups is 1. The highest BCUT2D eigenvalue weighted by molar-refractivity contribution is 5.73. The molecule has 2 atom stereocenters. The zero-order chi connectivity index (χ0) is 14.1. The number of imidazole rings is 1. The van der Waals surface area contributed by atoms with Crippen molar-refractivity contribution in [1.29, 1.82) is 0 Å². The number of aliphatic carboxylic acids is 1. The Hall–Kier alpha value is -1.36. The number of hydrogen-bond acceptors (Lipinski definition) is 3. The minimum absolute atomic E-state index is 0.337. The molecule has 1 aliphatic heterocycles. The van der Waals surface area contributed by atoms with E-state index in [2.05, 4.69) is 21.4 Å². The van der Waals surface area contributed by atoms with Crippen molar-refractivity contribution in [3.05, 3.63) is 18.2 Å². The van der Waals surface area contributed by atoms with Gasteiger partial charge >= 0.3 is 5.97 Å². The van der Waals surface area contributed by atoms with Gasteiger partial charge in [0.25, 0.3) is 0 Å². The molecule has 1 saturated heterocycles. The molecule has 0 radical (unpaired) electrons. The van der Waals surface area contributed by atoms with Crippen LogP contribution in [0.5, 0.6) is 0 Å². The highest BCUT2D eigenvalue weighted by Crippen LogP contribution is 2.36. The van der Waals surface area contributed by atoms with Crippen molar-refractivity contribution in [3.8, 4) is 0 Å². The van der Waals surface area contributed by atoms with Gasteiger partial charge in [-0.2, -0.15) is 0 Å². The number of hydrogen-bond donors (Lipinski definition) is 1. The smallest absolute Gasteiger partial charge is 0.320 e. The fourth-order valence-electron chi connectivity index (χ4n) is 3.25. The number of aromatic nitrogens is 2. The van der Waals surface area contributed by atoms with Gasteiger partial charge in [-0.15, -0.1) is 0 Å². The summed E-state index contributed by atoms with van der Waals surface area (Å²) in [5.41, 5.74) is 1.16. The summed E-state index contributed by atoms with van der Waals surface area (Å²) in [6.07, 6.45) is 9.21. The van der Waals surface area contributed by atoms with E-state index in [-0.39, 0.29) is 6.04 Å². The molecule has 0 bridgehead atoms. The molecule has 1 saturated carbocycles. The molecule has 0 aromatic carbocycles. The van der Waals surface area contributed by atoms with E-state index in [9.17, 15) is 9.90 Å². The molecule has 5 heteroatoms. The largest absolute Gasteiger partial charge is 0.480 e. The summed E-state index contributed by atoms with van der Waals surface area (Å²) in [6.45, 7) is 3.75. The third-order valence-electron chi connectivity index (χ3n) is 4.74. The molecule has 2 fully saturated rings. The van der Waals surface area contributed by atoms with Gasteiger partial charge in [-0.05, 0) is 38.1 Å². The number of piperidine rings is 1. The van der Waals surface area contributed by atoms with Crippen LogP contribution in [0.15, 0.2) is 12.5 Å². The van der Waals surface area contributed by atoms with Gasteiger partial charge in [0.05, 0.1) is 12.0 Å². The summed E-state index contributed by atoms with van der Waals surface area (Å²) in [6, 6.07) is 0.264. The minimum atomic E-state index is -0.680. The molecule has 5 nitrogen and oxygen atoms in total. The summed E-state index contributed by atoms with van der Waals surface area (Å²) in [5.74, 6) is -0.124. The Labute approximate surface area is 119 Å². The highest BCUT2D eigenvalue weighted by Gasteiger charge is 2.34. The molecule has 1 aromatic rings. The van der Waals surface area contributed by atoms with Crippen molar-refractivity contribution in [3.63, 3.8) is 0 Å². The third-order valence-corrected chi connectivity index (χ3v) is 4.74. The molecule has 20 heavy (non-hydrogen) atoms. The first kappa shape index (κ1) is 13.6. The van der Waals surface area contributed by atoms with Gasteiger partial charge in [0.15, 0.2) is 0 Å². The lowest BCUT2D eigenvalue weighted by molar-refractivity contribution is -0.145. The van der Waals surface area contributed by atoms with Gasteiger partial charge in [0, 0.05) is 18.8 Å². The van der Waals surface area contributed by atoms with Gasteiger partial charge in [0.1, 0.15) is 6.04 Å². The summed E-state index contributed by atoms with van der Waals surface area (Å²) >= 11 is 0. The second kappa shape index (κ2) is 5.56. The molecule has 110 valence electrons. The summed E-state index contributed by atoms with van der Waals surface area (Å²) in [4.78, 5) is 17.9. The Morgan fingerprint density at radius 3 is 2.90 bits per heavy atom.